The van der Waals surface area contributed by atoms with Crippen molar-refractivity contribution in [2.75, 3.05) is 45.9 Å². The molecule has 0 bridgehead atoms. The topological polar surface area (TPSA) is 41.7 Å². The van der Waals surface area contributed by atoms with E-state index in [9.17, 15) is 0 Å². The minimum absolute atomic E-state index is 0.641. The van der Waals surface area contributed by atoms with Gasteiger partial charge in [-0.1, -0.05) is 12.2 Å². The third-order valence-corrected chi connectivity index (χ3v) is 3.72. The van der Waals surface area contributed by atoms with Crippen molar-refractivity contribution in [1.82, 2.24) is 9.80 Å². The summed E-state index contributed by atoms with van der Waals surface area (Å²) >= 11 is 4.95. The largest absolute Gasteiger partial charge is 0.393 e. The molecule has 98 valence electrons. The number of ether oxygens (including phenoxy) is 1. The Balaban J connectivity index is 1.67. The highest BCUT2D eigenvalue weighted by Gasteiger charge is 2.28. The van der Waals surface area contributed by atoms with E-state index in [0.29, 0.717) is 4.99 Å². The Labute approximate surface area is 109 Å². The summed E-state index contributed by atoms with van der Waals surface area (Å²) < 4.78 is 5.36. The standard InChI is InChI=1S/C12H23N3OS/c13-12(17)3-4-15(11-1-2-11)6-5-14-7-9-16-10-8-14/h11H,1-10H2,(H2,13,17). The van der Waals surface area contributed by atoms with E-state index in [1.807, 2.05) is 0 Å². The van der Waals surface area contributed by atoms with Crippen LogP contribution < -0.4 is 5.73 Å². The average molecular weight is 257 g/mol. The molecule has 0 spiro atoms. The van der Waals surface area contributed by atoms with Crippen LogP contribution in [-0.4, -0.2) is 66.8 Å². The molecule has 5 heteroatoms. The first-order valence-electron chi connectivity index (χ1n) is 6.58. The van der Waals surface area contributed by atoms with E-state index < -0.39 is 0 Å². The summed E-state index contributed by atoms with van der Waals surface area (Å²) in [7, 11) is 0. The Kier molecular flexibility index (Phi) is 5.16. The molecule has 1 heterocycles. The van der Waals surface area contributed by atoms with Gasteiger partial charge in [-0.05, 0) is 12.8 Å². The van der Waals surface area contributed by atoms with Crippen molar-refractivity contribution in [3.63, 3.8) is 0 Å². The van der Waals surface area contributed by atoms with Gasteiger partial charge in [0.05, 0.1) is 18.2 Å². The van der Waals surface area contributed by atoms with Gasteiger partial charge in [-0.2, -0.15) is 0 Å². The van der Waals surface area contributed by atoms with E-state index >= 15 is 0 Å². The molecule has 1 aliphatic heterocycles. The normalized spacial score (nSPS) is 21.9. The summed E-state index contributed by atoms with van der Waals surface area (Å²) in [5.74, 6) is 0. The second-order valence-corrected chi connectivity index (χ2v) is 5.46. The van der Waals surface area contributed by atoms with Crippen LogP contribution in [0.5, 0.6) is 0 Å². The monoisotopic (exact) mass is 257 g/mol. The van der Waals surface area contributed by atoms with Crippen LogP contribution in [0.4, 0.5) is 0 Å². The van der Waals surface area contributed by atoms with Gasteiger partial charge < -0.3 is 10.5 Å². The Morgan fingerprint density at radius 1 is 1.29 bits per heavy atom. The van der Waals surface area contributed by atoms with Crippen molar-refractivity contribution in [3.05, 3.63) is 0 Å². The van der Waals surface area contributed by atoms with Gasteiger partial charge in [-0.25, -0.2) is 0 Å². The first-order valence-corrected chi connectivity index (χ1v) is 6.99. The van der Waals surface area contributed by atoms with Gasteiger partial charge in [0.2, 0.25) is 0 Å². The lowest BCUT2D eigenvalue weighted by molar-refractivity contribution is 0.0331. The molecule has 4 nitrogen and oxygen atoms in total. The van der Waals surface area contributed by atoms with Crippen LogP contribution in [0.1, 0.15) is 19.3 Å². The van der Waals surface area contributed by atoms with E-state index in [1.54, 1.807) is 0 Å². The minimum atomic E-state index is 0.641. The molecule has 1 saturated heterocycles. The molecule has 2 rings (SSSR count). The zero-order chi connectivity index (χ0) is 12.1. The van der Waals surface area contributed by atoms with E-state index in [-0.39, 0.29) is 0 Å². The summed E-state index contributed by atoms with van der Waals surface area (Å²) in [5, 5.41) is 0. The van der Waals surface area contributed by atoms with Gasteiger partial charge in [0.15, 0.2) is 0 Å². The Morgan fingerprint density at radius 3 is 2.59 bits per heavy atom. The highest BCUT2D eigenvalue weighted by molar-refractivity contribution is 7.80. The first kappa shape index (κ1) is 13.2. The fraction of sp³-hybridized carbons (Fsp3) is 0.917. The Bertz CT molecular complexity index is 252. The number of nitrogens with two attached hydrogens (primary N) is 1. The van der Waals surface area contributed by atoms with Crippen molar-refractivity contribution in [3.8, 4) is 0 Å². The summed E-state index contributed by atoms with van der Waals surface area (Å²) in [5.41, 5.74) is 5.58. The fourth-order valence-corrected chi connectivity index (χ4v) is 2.36. The Hall–Kier alpha value is -0.230. The van der Waals surface area contributed by atoms with Crippen molar-refractivity contribution in [2.24, 2.45) is 5.73 Å². The molecule has 1 saturated carbocycles. The second-order valence-electron chi connectivity index (χ2n) is 4.94. The first-order chi connectivity index (χ1) is 8.25. The summed E-state index contributed by atoms with van der Waals surface area (Å²) in [4.78, 5) is 5.68. The molecule has 0 amide bonds. The van der Waals surface area contributed by atoms with E-state index in [4.69, 9.17) is 22.7 Å². The molecule has 0 atom stereocenters. The van der Waals surface area contributed by atoms with Crippen LogP contribution in [0.15, 0.2) is 0 Å². The predicted octanol–water partition coefficient (Wildman–Crippen LogP) is 0.459. The third-order valence-electron chi connectivity index (χ3n) is 3.52. The highest BCUT2D eigenvalue weighted by Crippen LogP contribution is 2.26. The molecule has 0 radical (unpaired) electrons. The number of thiocarbonyl (C=S) groups is 1. The zero-order valence-corrected chi connectivity index (χ0v) is 11.3. The van der Waals surface area contributed by atoms with Crippen LogP contribution in [0, 0.1) is 0 Å². The molecule has 2 aliphatic rings. The molecule has 0 unspecified atom stereocenters. The Morgan fingerprint density at radius 2 is 2.00 bits per heavy atom. The minimum Gasteiger partial charge on any atom is -0.393 e. The van der Waals surface area contributed by atoms with Gasteiger partial charge in [0.25, 0.3) is 0 Å². The van der Waals surface area contributed by atoms with Crippen LogP contribution in [0.3, 0.4) is 0 Å². The van der Waals surface area contributed by atoms with Gasteiger partial charge in [0, 0.05) is 45.2 Å². The van der Waals surface area contributed by atoms with E-state index in [2.05, 4.69) is 9.80 Å². The number of rotatable bonds is 7. The van der Waals surface area contributed by atoms with Crippen molar-refractivity contribution >= 4 is 17.2 Å². The molecule has 1 aliphatic carbocycles. The lowest BCUT2D eigenvalue weighted by Gasteiger charge is -2.30. The van der Waals surface area contributed by atoms with Crippen molar-refractivity contribution in [1.29, 1.82) is 0 Å². The highest BCUT2D eigenvalue weighted by atomic mass is 32.1. The molecule has 0 aromatic rings. The maximum Gasteiger partial charge on any atom is 0.0740 e. The third kappa shape index (κ3) is 4.87. The van der Waals surface area contributed by atoms with E-state index in [0.717, 1.165) is 58.4 Å². The smallest absolute Gasteiger partial charge is 0.0740 e. The molecule has 17 heavy (non-hydrogen) atoms. The molecule has 0 aromatic heterocycles. The fourth-order valence-electron chi connectivity index (χ4n) is 2.27. The molecule has 0 aromatic carbocycles. The summed E-state index contributed by atoms with van der Waals surface area (Å²) in [6, 6.07) is 0.797. The van der Waals surface area contributed by atoms with Crippen molar-refractivity contribution in [2.45, 2.75) is 25.3 Å². The van der Waals surface area contributed by atoms with Gasteiger partial charge >= 0.3 is 0 Å². The van der Waals surface area contributed by atoms with Gasteiger partial charge in [-0.15, -0.1) is 0 Å². The number of hydrogen-bond acceptors (Lipinski definition) is 4. The molecule has 2 fully saturated rings. The summed E-state index contributed by atoms with van der Waals surface area (Å²) in [6.45, 7) is 7.25. The van der Waals surface area contributed by atoms with Crippen LogP contribution in [0.2, 0.25) is 0 Å². The van der Waals surface area contributed by atoms with E-state index in [1.165, 1.54) is 12.8 Å². The lowest BCUT2D eigenvalue weighted by atomic mass is 10.3. The molecular weight excluding hydrogens is 234 g/mol. The average Bonchev–Trinajstić information content (AvgIpc) is 3.14. The molecular formula is C12H23N3OS. The quantitative estimate of drug-likeness (QED) is 0.671. The SMILES string of the molecule is NC(=S)CCN(CCN1CCOCC1)C1CC1. The van der Waals surface area contributed by atoms with Crippen LogP contribution in [-0.2, 0) is 4.74 Å². The number of morpholine rings is 1. The lowest BCUT2D eigenvalue weighted by Crippen LogP contribution is -2.42. The van der Waals surface area contributed by atoms with Gasteiger partial charge in [0.1, 0.15) is 0 Å². The zero-order valence-electron chi connectivity index (χ0n) is 10.4. The summed E-state index contributed by atoms with van der Waals surface area (Å²) in [6.07, 6.45) is 3.55. The second kappa shape index (κ2) is 6.64. The number of hydrogen-bond donors (Lipinski definition) is 1. The van der Waals surface area contributed by atoms with Crippen molar-refractivity contribution < 1.29 is 4.74 Å². The maximum absolute atomic E-state index is 5.58. The molecule has 2 N–H and O–H groups in total. The number of nitrogens with zero attached hydrogens (tertiary/aromatic N) is 2. The van der Waals surface area contributed by atoms with Crippen LogP contribution in [0.25, 0.3) is 0 Å². The van der Waals surface area contributed by atoms with Gasteiger partial charge in [-0.3, -0.25) is 9.80 Å². The maximum atomic E-state index is 5.58. The predicted molar refractivity (Wildman–Crippen MR) is 73.3 cm³/mol. The van der Waals surface area contributed by atoms with Crippen LogP contribution >= 0.6 is 12.2 Å².